The van der Waals surface area contributed by atoms with E-state index < -0.39 is 15.5 Å². The maximum Gasteiger partial charge on any atom is 0.516 e. The molecule has 0 radical (unpaired) electrons. The lowest BCUT2D eigenvalue weighted by molar-refractivity contribution is -0.0429. The van der Waals surface area contributed by atoms with Crippen molar-refractivity contribution in [1.29, 1.82) is 0 Å². The van der Waals surface area contributed by atoms with Gasteiger partial charge in [0.25, 0.3) is 0 Å². The van der Waals surface area contributed by atoms with Gasteiger partial charge >= 0.3 is 15.5 Å². The lowest BCUT2D eigenvalue weighted by atomic mass is 10.3. The molecule has 2 rings (SSSR count). The summed E-state index contributed by atoms with van der Waals surface area (Å²) in [5, 5.41) is 0. The van der Waals surface area contributed by atoms with Gasteiger partial charge in [-0.3, -0.25) is 4.72 Å². The summed E-state index contributed by atoms with van der Waals surface area (Å²) in [5.74, 6) is 0. The van der Waals surface area contributed by atoms with E-state index in [1.54, 1.807) is 0 Å². The molecule has 0 bridgehead atoms. The number of hydrogen-bond donors (Lipinski definition) is 2. The summed E-state index contributed by atoms with van der Waals surface area (Å²) in [7, 11) is -5.40. The number of anilines is 1. The fourth-order valence-electron chi connectivity index (χ4n) is 1.16. The van der Waals surface area contributed by atoms with Gasteiger partial charge in [0, 0.05) is 0 Å². The van der Waals surface area contributed by atoms with Crippen LogP contribution < -0.4 is 9.44 Å². The molecule has 1 heterocycles. The van der Waals surface area contributed by atoms with Gasteiger partial charge in [-0.2, -0.15) is 21.6 Å². The summed E-state index contributed by atoms with van der Waals surface area (Å²) in [6, 6.07) is 3.91. The molecule has 1 aliphatic rings. The standard InChI is InChI=1S/C8H6F3N3O2S2/c9-8(10,11)18(15,16)14-5-1-2-6-7(3-5)17-13-4-12-6/h1-4,14H,(H,12,13). The number of halogens is 3. The van der Waals surface area contributed by atoms with Crippen LogP contribution in [0.5, 0.6) is 0 Å². The molecule has 2 N–H and O–H groups in total. The fraction of sp³-hybridized carbons (Fsp3) is 0.125. The molecule has 1 aliphatic heterocycles. The van der Waals surface area contributed by atoms with E-state index in [4.69, 9.17) is 0 Å². The Balaban J connectivity index is 2.29. The molecule has 0 spiro atoms. The Kier molecular flexibility index (Phi) is 3.15. The molecule has 0 atom stereocenters. The van der Waals surface area contributed by atoms with Crippen molar-refractivity contribution in [2.75, 3.05) is 4.72 Å². The number of fused-ring (bicyclic) bond motifs is 1. The maximum atomic E-state index is 12.2. The average Bonchev–Trinajstić information content (AvgIpc) is 2.27. The summed E-state index contributed by atoms with van der Waals surface area (Å²) in [4.78, 5) is 4.45. The molecule has 1 aromatic carbocycles. The summed E-state index contributed by atoms with van der Waals surface area (Å²) >= 11 is 1.12. The molecule has 98 valence electrons. The predicted octanol–water partition coefficient (Wildman–Crippen LogP) is 2.22. The molecule has 0 saturated heterocycles. The molecular weight excluding hydrogens is 291 g/mol. The largest absolute Gasteiger partial charge is 0.516 e. The van der Waals surface area contributed by atoms with E-state index in [1.165, 1.54) is 29.3 Å². The zero-order valence-electron chi connectivity index (χ0n) is 8.52. The smallest absolute Gasteiger partial charge is 0.316 e. The van der Waals surface area contributed by atoms with Crippen molar-refractivity contribution in [1.82, 2.24) is 4.72 Å². The second-order valence-corrected chi connectivity index (χ2v) is 5.77. The number of nitrogens with one attached hydrogen (secondary N) is 2. The number of benzene rings is 1. The lowest BCUT2D eigenvalue weighted by Crippen LogP contribution is -2.29. The molecule has 10 heteroatoms. The second-order valence-electron chi connectivity index (χ2n) is 3.21. The van der Waals surface area contributed by atoms with Crippen LogP contribution in [-0.2, 0) is 10.0 Å². The van der Waals surface area contributed by atoms with Gasteiger partial charge in [-0.15, -0.1) is 0 Å². The SMILES string of the molecule is O=S(=O)(Nc1ccc2c(c1)SNC=N2)C(F)(F)F. The third-order valence-electron chi connectivity index (χ3n) is 1.94. The third-order valence-corrected chi connectivity index (χ3v) is 3.83. The lowest BCUT2D eigenvalue weighted by Gasteiger charge is -2.14. The Morgan fingerprint density at radius 3 is 2.72 bits per heavy atom. The van der Waals surface area contributed by atoms with Crippen molar-refractivity contribution in [2.45, 2.75) is 10.4 Å². The minimum absolute atomic E-state index is 0.169. The summed E-state index contributed by atoms with van der Waals surface area (Å²) < 4.78 is 62.5. The van der Waals surface area contributed by atoms with Crippen LogP contribution in [0.2, 0.25) is 0 Å². The molecule has 1 aromatic rings. The van der Waals surface area contributed by atoms with Crippen molar-refractivity contribution in [3.63, 3.8) is 0 Å². The van der Waals surface area contributed by atoms with Gasteiger partial charge in [0.2, 0.25) is 0 Å². The van der Waals surface area contributed by atoms with Gasteiger partial charge in [0.1, 0.15) is 0 Å². The van der Waals surface area contributed by atoms with Crippen LogP contribution in [0.4, 0.5) is 24.5 Å². The van der Waals surface area contributed by atoms with Crippen LogP contribution in [0, 0.1) is 0 Å². The Hall–Kier alpha value is -1.42. The molecule has 5 nitrogen and oxygen atoms in total. The van der Waals surface area contributed by atoms with Crippen LogP contribution >= 0.6 is 11.9 Å². The fourth-order valence-corrected chi connectivity index (χ4v) is 2.36. The van der Waals surface area contributed by atoms with Crippen LogP contribution in [0.25, 0.3) is 0 Å². The second kappa shape index (κ2) is 4.35. The van der Waals surface area contributed by atoms with Crippen LogP contribution in [-0.4, -0.2) is 20.3 Å². The van der Waals surface area contributed by atoms with E-state index >= 15 is 0 Å². The summed E-state index contributed by atoms with van der Waals surface area (Å²) in [6.45, 7) is 0. The van der Waals surface area contributed by atoms with E-state index in [0.717, 1.165) is 11.9 Å². The topological polar surface area (TPSA) is 70.6 Å². The van der Waals surface area contributed by atoms with E-state index in [-0.39, 0.29) is 5.69 Å². The third kappa shape index (κ3) is 2.53. The minimum atomic E-state index is -5.40. The zero-order chi connectivity index (χ0) is 13.4. The molecule has 0 unspecified atom stereocenters. The number of hydrogen-bond acceptors (Lipinski definition) is 5. The Morgan fingerprint density at radius 1 is 1.33 bits per heavy atom. The minimum Gasteiger partial charge on any atom is -0.316 e. The van der Waals surface area contributed by atoms with Crippen LogP contribution in [0.1, 0.15) is 0 Å². The van der Waals surface area contributed by atoms with E-state index in [2.05, 4.69) is 9.71 Å². The van der Waals surface area contributed by atoms with Gasteiger partial charge in [0.15, 0.2) is 0 Å². The number of nitrogens with zero attached hydrogens (tertiary/aromatic N) is 1. The van der Waals surface area contributed by atoms with Crippen molar-refractivity contribution < 1.29 is 21.6 Å². The van der Waals surface area contributed by atoms with Crippen LogP contribution in [0.15, 0.2) is 28.1 Å². The van der Waals surface area contributed by atoms with Gasteiger partial charge in [-0.1, -0.05) is 0 Å². The highest BCUT2D eigenvalue weighted by Crippen LogP contribution is 2.33. The molecule has 0 amide bonds. The first kappa shape index (κ1) is 13.0. The van der Waals surface area contributed by atoms with Gasteiger partial charge in [-0.05, 0) is 30.1 Å². The highest BCUT2D eigenvalue weighted by molar-refractivity contribution is 7.98. The summed E-state index contributed by atoms with van der Waals surface area (Å²) in [6.07, 6.45) is 1.42. The number of aliphatic imine (C=N–C) groups is 1. The van der Waals surface area contributed by atoms with Crippen LogP contribution in [0.3, 0.4) is 0 Å². The highest BCUT2D eigenvalue weighted by atomic mass is 32.2. The molecule has 0 aliphatic carbocycles. The monoisotopic (exact) mass is 297 g/mol. The number of sulfonamides is 1. The van der Waals surface area contributed by atoms with Crippen molar-refractivity contribution >= 4 is 39.7 Å². The van der Waals surface area contributed by atoms with Crippen molar-refractivity contribution in [3.8, 4) is 0 Å². The zero-order valence-corrected chi connectivity index (χ0v) is 10.2. The maximum absolute atomic E-state index is 12.2. The van der Waals surface area contributed by atoms with Crippen molar-refractivity contribution in [3.05, 3.63) is 18.2 Å². The quantitative estimate of drug-likeness (QED) is 0.821. The Bertz CT molecular complexity index is 598. The highest BCUT2D eigenvalue weighted by Gasteiger charge is 2.46. The predicted molar refractivity (Wildman–Crippen MR) is 62.2 cm³/mol. The van der Waals surface area contributed by atoms with Gasteiger partial charge in [0.05, 0.1) is 22.6 Å². The first-order chi connectivity index (χ1) is 8.29. The van der Waals surface area contributed by atoms with E-state index in [1.807, 2.05) is 0 Å². The molecule has 0 saturated carbocycles. The molecule has 0 aromatic heterocycles. The van der Waals surface area contributed by atoms with Gasteiger partial charge in [-0.25, -0.2) is 4.99 Å². The molecule has 0 fully saturated rings. The first-order valence-corrected chi connectivity index (χ1v) is 6.77. The molecule has 18 heavy (non-hydrogen) atoms. The van der Waals surface area contributed by atoms with Crippen molar-refractivity contribution in [2.24, 2.45) is 4.99 Å². The van der Waals surface area contributed by atoms with E-state index in [0.29, 0.717) is 10.6 Å². The number of rotatable bonds is 2. The Labute approximate surface area is 105 Å². The average molecular weight is 297 g/mol. The van der Waals surface area contributed by atoms with Gasteiger partial charge < -0.3 is 4.72 Å². The number of alkyl halides is 3. The summed E-state index contributed by atoms with van der Waals surface area (Å²) in [5.41, 5.74) is -4.96. The normalized spacial score (nSPS) is 14.8. The Morgan fingerprint density at radius 2 is 2.06 bits per heavy atom. The van der Waals surface area contributed by atoms with E-state index in [9.17, 15) is 21.6 Å². The first-order valence-electron chi connectivity index (χ1n) is 4.48. The molecular formula is C8H6F3N3O2S2.